The Morgan fingerprint density at radius 1 is 1.78 bits per heavy atom. The van der Waals surface area contributed by atoms with Gasteiger partial charge in [-0.1, -0.05) is 0 Å². The molecule has 1 aromatic heterocycles. The van der Waals surface area contributed by atoms with Crippen molar-refractivity contribution in [2.75, 3.05) is 0 Å². The molecule has 0 amide bonds. The van der Waals surface area contributed by atoms with Crippen LogP contribution in [0, 0.1) is 0 Å². The Morgan fingerprint density at radius 2 is 2.44 bits per heavy atom. The quantitative estimate of drug-likeness (QED) is 0.535. The van der Waals surface area contributed by atoms with Crippen LogP contribution in [0.4, 0.5) is 0 Å². The fourth-order valence-corrected chi connectivity index (χ4v) is 1.23. The minimum atomic E-state index is 0.0834. The van der Waals surface area contributed by atoms with Crippen molar-refractivity contribution < 1.29 is 4.79 Å². The minimum absolute atomic E-state index is 0.0834. The molecule has 0 N–H and O–H groups in total. The van der Waals surface area contributed by atoms with Crippen LogP contribution in [-0.4, -0.2) is 8.36 Å². The SMILES string of the molecule is Cn1cccc1C(=O)I. The molecule has 0 aliphatic carbocycles. The van der Waals surface area contributed by atoms with Crippen molar-refractivity contribution in [3.8, 4) is 0 Å². The highest BCUT2D eigenvalue weighted by molar-refractivity contribution is 14.1. The normalized spacial score (nSPS) is 9.56. The van der Waals surface area contributed by atoms with Crippen molar-refractivity contribution in [1.82, 2.24) is 4.57 Å². The standard InChI is InChI=1S/C6H6INO/c1-8-4-2-3-5(8)6(7)9/h2-4H,1H3. The van der Waals surface area contributed by atoms with Gasteiger partial charge < -0.3 is 4.57 Å². The van der Waals surface area contributed by atoms with E-state index in [1.807, 2.05) is 19.3 Å². The van der Waals surface area contributed by atoms with Gasteiger partial charge in [-0.3, -0.25) is 4.79 Å². The van der Waals surface area contributed by atoms with Crippen LogP contribution in [0.15, 0.2) is 18.3 Å². The molecule has 0 aliphatic heterocycles. The van der Waals surface area contributed by atoms with E-state index < -0.39 is 0 Å². The predicted octanol–water partition coefficient (Wildman–Crippen LogP) is 1.60. The molecule has 3 heteroatoms. The van der Waals surface area contributed by atoms with Crippen LogP contribution in [0.1, 0.15) is 10.5 Å². The van der Waals surface area contributed by atoms with Crippen molar-refractivity contribution in [3.05, 3.63) is 24.0 Å². The summed E-state index contributed by atoms with van der Waals surface area (Å²) in [6.07, 6.45) is 1.85. The van der Waals surface area contributed by atoms with E-state index in [1.165, 1.54) is 0 Å². The third-order valence-corrected chi connectivity index (χ3v) is 1.70. The highest BCUT2D eigenvalue weighted by atomic mass is 127. The summed E-state index contributed by atoms with van der Waals surface area (Å²) in [5.74, 6) is 0. The van der Waals surface area contributed by atoms with Crippen molar-refractivity contribution in [2.24, 2.45) is 7.05 Å². The number of rotatable bonds is 1. The number of carbonyl (C=O) groups excluding carboxylic acids is 1. The summed E-state index contributed by atoms with van der Waals surface area (Å²) in [5, 5.41) is 0. The largest absolute Gasteiger partial charge is 0.348 e. The number of nitrogens with zero attached hydrogens (tertiary/aromatic N) is 1. The van der Waals surface area contributed by atoms with Crippen LogP contribution in [0.5, 0.6) is 0 Å². The highest BCUT2D eigenvalue weighted by Crippen LogP contribution is 2.04. The summed E-state index contributed by atoms with van der Waals surface area (Å²) in [5.41, 5.74) is 0.746. The fourth-order valence-electron chi connectivity index (χ4n) is 0.665. The molecule has 0 atom stereocenters. The maximum Gasteiger partial charge on any atom is 0.238 e. The number of hydrogen-bond donors (Lipinski definition) is 0. The van der Waals surface area contributed by atoms with Gasteiger partial charge in [0.1, 0.15) is 0 Å². The lowest BCUT2D eigenvalue weighted by atomic mass is 10.5. The third kappa shape index (κ3) is 1.32. The molecule has 0 bridgehead atoms. The molecule has 0 radical (unpaired) electrons. The zero-order valence-corrected chi connectivity index (χ0v) is 7.12. The maximum absolute atomic E-state index is 10.7. The number of halogens is 1. The summed E-state index contributed by atoms with van der Waals surface area (Å²) >= 11 is 1.77. The van der Waals surface area contributed by atoms with E-state index in [-0.39, 0.29) is 3.79 Å². The summed E-state index contributed by atoms with van der Waals surface area (Å²) in [6, 6.07) is 3.65. The third-order valence-electron chi connectivity index (χ3n) is 1.15. The molecular weight excluding hydrogens is 229 g/mol. The fraction of sp³-hybridized carbons (Fsp3) is 0.167. The van der Waals surface area contributed by atoms with Gasteiger partial charge in [-0.2, -0.15) is 0 Å². The second kappa shape index (κ2) is 2.51. The van der Waals surface area contributed by atoms with Gasteiger partial charge in [-0.15, -0.1) is 0 Å². The zero-order valence-electron chi connectivity index (χ0n) is 4.97. The van der Waals surface area contributed by atoms with E-state index in [9.17, 15) is 4.79 Å². The molecule has 0 saturated heterocycles. The average Bonchev–Trinajstić information content (AvgIpc) is 2.13. The van der Waals surface area contributed by atoms with Gasteiger partial charge >= 0.3 is 0 Å². The lowest BCUT2D eigenvalue weighted by Crippen LogP contribution is -1.96. The van der Waals surface area contributed by atoms with E-state index in [2.05, 4.69) is 0 Å². The lowest BCUT2D eigenvalue weighted by Gasteiger charge is -1.93. The van der Waals surface area contributed by atoms with Crippen molar-refractivity contribution >= 4 is 26.4 Å². The van der Waals surface area contributed by atoms with E-state index in [4.69, 9.17) is 0 Å². The molecule has 2 nitrogen and oxygen atoms in total. The second-order valence-electron chi connectivity index (χ2n) is 1.78. The van der Waals surface area contributed by atoms with Gasteiger partial charge in [-0.05, 0) is 12.1 Å². The molecule has 0 aromatic carbocycles. The smallest absolute Gasteiger partial charge is 0.238 e. The van der Waals surface area contributed by atoms with Gasteiger partial charge in [0.15, 0.2) is 0 Å². The summed E-state index contributed by atoms with van der Waals surface area (Å²) in [7, 11) is 1.85. The number of hydrogen-bond acceptors (Lipinski definition) is 1. The predicted molar refractivity (Wildman–Crippen MR) is 43.8 cm³/mol. The first-order valence-corrected chi connectivity index (χ1v) is 3.61. The Balaban J connectivity index is 3.08. The Bertz CT molecular complexity index is 229. The van der Waals surface area contributed by atoms with Crippen LogP contribution in [0.2, 0.25) is 0 Å². The first-order valence-electron chi connectivity index (χ1n) is 2.53. The van der Waals surface area contributed by atoms with E-state index in [0.29, 0.717) is 0 Å². The van der Waals surface area contributed by atoms with Crippen molar-refractivity contribution in [3.63, 3.8) is 0 Å². The van der Waals surface area contributed by atoms with E-state index >= 15 is 0 Å². The van der Waals surface area contributed by atoms with Crippen molar-refractivity contribution in [2.45, 2.75) is 0 Å². The average molecular weight is 235 g/mol. The van der Waals surface area contributed by atoms with Crippen LogP contribution < -0.4 is 0 Å². The number of aryl methyl sites for hydroxylation is 1. The molecule has 1 heterocycles. The second-order valence-corrected chi connectivity index (χ2v) is 2.76. The number of aromatic nitrogens is 1. The Kier molecular flexibility index (Phi) is 1.90. The molecule has 1 aromatic rings. The molecule has 0 aliphatic rings. The van der Waals surface area contributed by atoms with Gasteiger partial charge in [0.25, 0.3) is 0 Å². The molecule has 0 fully saturated rings. The van der Waals surface area contributed by atoms with E-state index in [1.54, 1.807) is 33.2 Å². The first kappa shape index (κ1) is 6.80. The van der Waals surface area contributed by atoms with Crippen molar-refractivity contribution in [1.29, 1.82) is 0 Å². The number of carbonyl (C=O) groups is 1. The zero-order chi connectivity index (χ0) is 6.85. The molecular formula is C6H6INO. The highest BCUT2D eigenvalue weighted by Gasteiger charge is 2.01. The van der Waals surface area contributed by atoms with E-state index in [0.717, 1.165) is 5.69 Å². The van der Waals surface area contributed by atoms with Gasteiger partial charge in [0, 0.05) is 35.8 Å². The molecule has 48 valence electrons. The first-order chi connectivity index (χ1) is 4.22. The minimum Gasteiger partial charge on any atom is -0.348 e. The lowest BCUT2D eigenvalue weighted by molar-refractivity contribution is 0.109. The van der Waals surface area contributed by atoms with Gasteiger partial charge in [0.2, 0.25) is 3.79 Å². The van der Waals surface area contributed by atoms with Crippen LogP contribution in [0.3, 0.4) is 0 Å². The van der Waals surface area contributed by atoms with Crippen LogP contribution in [0.25, 0.3) is 0 Å². The summed E-state index contributed by atoms with van der Waals surface area (Å²) in [6.45, 7) is 0. The molecule has 1 rings (SSSR count). The maximum atomic E-state index is 10.7. The molecule has 0 saturated carbocycles. The van der Waals surface area contributed by atoms with Crippen LogP contribution >= 0.6 is 22.6 Å². The molecule has 0 unspecified atom stereocenters. The van der Waals surface area contributed by atoms with Gasteiger partial charge in [0.05, 0.1) is 5.69 Å². The monoisotopic (exact) mass is 235 g/mol. The molecule has 0 spiro atoms. The topological polar surface area (TPSA) is 22.0 Å². The van der Waals surface area contributed by atoms with Gasteiger partial charge in [-0.25, -0.2) is 0 Å². The summed E-state index contributed by atoms with van der Waals surface area (Å²) < 4.78 is 1.88. The Hall–Kier alpha value is -0.320. The summed E-state index contributed by atoms with van der Waals surface area (Å²) in [4.78, 5) is 10.7. The molecule has 9 heavy (non-hydrogen) atoms. The Labute approximate surface area is 67.0 Å². The van der Waals surface area contributed by atoms with Crippen LogP contribution in [-0.2, 0) is 7.05 Å². The Morgan fingerprint density at radius 3 is 2.67 bits per heavy atom.